The van der Waals surface area contributed by atoms with Crippen molar-refractivity contribution >= 4 is 27.7 Å². The molecule has 0 saturated heterocycles. The van der Waals surface area contributed by atoms with E-state index in [9.17, 15) is 5.11 Å². The normalized spacial score (nSPS) is 12.4. The van der Waals surface area contributed by atoms with Crippen LogP contribution in [0.3, 0.4) is 0 Å². The van der Waals surface area contributed by atoms with E-state index < -0.39 is 0 Å². The van der Waals surface area contributed by atoms with E-state index in [1.165, 1.54) is 16.0 Å². The van der Waals surface area contributed by atoms with Crippen molar-refractivity contribution in [1.29, 1.82) is 0 Å². The molecule has 1 N–H and O–H groups in total. The maximum atomic E-state index is 10.1. The van der Waals surface area contributed by atoms with Gasteiger partial charge >= 0.3 is 0 Å². The molecule has 0 aliphatic rings. The highest BCUT2D eigenvalue weighted by molar-refractivity contribution is 9.10. The maximum Gasteiger partial charge on any atom is 0.0674 e. The lowest BCUT2D eigenvalue weighted by Crippen LogP contribution is -2.14. The van der Waals surface area contributed by atoms with Gasteiger partial charge in [0.1, 0.15) is 0 Å². The fourth-order valence-corrected chi connectivity index (χ4v) is 2.97. The monoisotopic (exact) mass is 336 g/mol. The first-order valence-corrected chi connectivity index (χ1v) is 8.04. The van der Waals surface area contributed by atoms with E-state index in [-0.39, 0.29) is 6.10 Å². The Hall–Kier alpha value is -0.770. The van der Waals surface area contributed by atoms with Crippen LogP contribution >= 0.6 is 27.7 Å². The zero-order valence-electron chi connectivity index (χ0n) is 10.8. The second-order valence-electron chi connectivity index (χ2n) is 4.55. The summed E-state index contributed by atoms with van der Waals surface area (Å²) in [7, 11) is 0. The Morgan fingerprint density at radius 1 is 1.11 bits per heavy atom. The summed E-state index contributed by atoms with van der Waals surface area (Å²) in [5.41, 5.74) is 2.47. The van der Waals surface area contributed by atoms with E-state index in [2.05, 4.69) is 47.1 Å². The molecule has 1 nitrogen and oxygen atoms in total. The summed E-state index contributed by atoms with van der Waals surface area (Å²) in [5, 5.41) is 10.1. The molecule has 0 bridgehead atoms. The lowest BCUT2D eigenvalue weighted by molar-refractivity contribution is 0.200. The van der Waals surface area contributed by atoms with Crippen molar-refractivity contribution in [2.45, 2.75) is 24.3 Å². The van der Waals surface area contributed by atoms with E-state index in [0.717, 1.165) is 16.6 Å². The lowest BCUT2D eigenvalue weighted by Gasteiger charge is -2.12. The van der Waals surface area contributed by atoms with Crippen LogP contribution in [0.25, 0.3) is 0 Å². The van der Waals surface area contributed by atoms with Crippen LogP contribution in [-0.4, -0.2) is 17.0 Å². The minimum absolute atomic E-state index is 0.310. The molecule has 1 unspecified atom stereocenters. The van der Waals surface area contributed by atoms with E-state index in [4.69, 9.17) is 0 Å². The van der Waals surface area contributed by atoms with Gasteiger partial charge in [0.15, 0.2) is 0 Å². The molecule has 2 rings (SSSR count). The first kappa shape index (κ1) is 14.6. The Labute approximate surface area is 127 Å². The van der Waals surface area contributed by atoms with E-state index in [0.29, 0.717) is 0 Å². The van der Waals surface area contributed by atoms with Gasteiger partial charge in [0.05, 0.1) is 6.10 Å². The number of halogens is 1. The maximum absolute atomic E-state index is 10.1. The SMILES string of the molecule is Cc1ccccc1CC(O)CSc1ccc(Br)cc1. The molecule has 0 aromatic heterocycles. The summed E-state index contributed by atoms with van der Waals surface area (Å²) in [6.45, 7) is 2.09. The fourth-order valence-electron chi connectivity index (χ4n) is 1.88. The first-order chi connectivity index (χ1) is 9.15. The van der Waals surface area contributed by atoms with Gasteiger partial charge in [0.25, 0.3) is 0 Å². The molecule has 2 aromatic carbocycles. The van der Waals surface area contributed by atoms with Gasteiger partial charge in [-0.3, -0.25) is 0 Å². The van der Waals surface area contributed by atoms with Crippen molar-refractivity contribution in [3.8, 4) is 0 Å². The summed E-state index contributed by atoms with van der Waals surface area (Å²) in [6.07, 6.45) is 0.408. The van der Waals surface area contributed by atoms with E-state index in [1.807, 2.05) is 24.3 Å². The Bertz CT molecular complexity index is 525. The second-order valence-corrected chi connectivity index (χ2v) is 6.56. The molecule has 0 radical (unpaired) electrons. The standard InChI is InChI=1S/C16H17BrOS/c1-12-4-2-3-5-13(12)10-15(18)11-19-16-8-6-14(17)7-9-16/h2-9,15,18H,10-11H2,1H3. The molecular formula is C16H17BrOS. The molecule has 0 heterocycles. The number of hydrogen-bond acceptors (Lipinski definition) is 2. The Balaban J connectivity index is 1.86. The molecule has 3 heteroatoms. The van der Waals surface area contributed by atoms with E-state index >= 15 is 0 Å². The Kier molecular flexibility index (Phi) is 5.49. The molecule has 100 valence electrons. The van der Waals surface area contributed by atoms with Gasteiger partial charge in [0.2, 0.25) is 0 Å². The van der Waals surface area contributed by atoms with Gasteiger partial charge in [-0.25, -0.2) is 0 Å². The molecule has 19 heavy (non-hydrogen) atoms. The molecule has 1 atom stereocenters. The number of thioether (sulfide) groups is 1. The Morgan fingerprint density at radius 3 is 2.47 bits per heavy atom. The number of rotatable bonds is 5. The summed E-state index contributed by atoms with van der Waals surface area (Å²) < 4.78 is 1.08. The summed E-state index contributed by atoms with van der Waals surface area (Å²) in [5.74, 6) is 0.718. The first-order valence-electron chi connectivity index (χ1n) is 6.26. The van der Waals surface area contributed by atoms with Gasteiger partial charge in [-0.05, 0) is 48.7 Å². The van der Waals surface area contributed by atoms with Crippen molar-refractivity contribution in [1.82, 2.24) is 0 Å². The summed E-state index contributed by atoms with van der Waals surface area (Å²) in [6, 6.07) is 16.4. The van der Waals surface area contributed by atoms with Crippen LogP contribution in [0.4, 0.5) is 0 Å². The van der Waals surface area contributed by atoms with Gasteiger partial charge in [-0.1, -0.05) is 40.2 Å². The molecule has 2 aromatic rings. The quantitative estimate of drug-likeness (QED) is 0.814. The molecule has 0 aliphatic carbocycles. The Morgan fingerprint density at radius 2 is 1.79 bits per heavy atom. The molecular weight excluding hydrogens is 320 g/mol. The highest BCUT2D eigenvalue weighted by Gasteiger charge is 2.08. The van der Waals surface area contributed by atoms with Crippen LogP contribution in [-0.2, 0) is 6.42 Å². The van der Waals surface area contributed by atoms with Crippen molar-refractivity contribution in [2.75, 3.05) is 5.75 Å². The van der Waals surface area contributed by atoms with Gasteiger partial charge in [-0.2, -0.15) is 0 Å². The predicted octanol–water partition coefficient (Wildman–Crippen LogP) is 4.45. The lowest BCUT2D eigenvalue weighted by atomic mass is 10.0. The molecule has 0 spiro atoms. The summed E-state index contributed by atoms with van der Waals surface area (Å²) >= 11 is 5.11. The van der Waals surface area contributed by atoms with Crippen LogP contribution < -0.4 is 0 Å². The number of benzene rings is 2. The third kappa shape index (κ3) is 4.68. The second kappa shape index (κ2) is 7.13. The van der Waals surface area contributed by atoms with Crippen molar-refractivity contribution in [3.05, 3.63) is 64.1 Å². The third-order valence-electron chi connectivity index (χ3n) is 2.97. The molecule has 0 aliphatic heterocycles. The minimum atomic E-state index is -0.310. The molecule has 0 saturated carbocycles. The largest absolute Gasteiger partial charge is 0.392 e. The number of hydrogen-bond donors (Lipinski definition) is 1. The zero-order chi connectivity index (χ0) is 13.7. The average molecular weight is 337 g/mol. The molecule has 0 amide bonds. The zero-order valence-corrected chi connectivity index (χ0v) is 13.2. The minimum Gasteiger partial charge on any atom is -0.392 e. The van der Waals surface area contributed by atoms with Crippen molar-refractivity contribution in [2.24, 2.45) is 0 Å². The number of aliphatic hydroxyl groups is 1. The highest BCUT2D eigenvalue weighted by Crippen LogP contribution is 2.22. The van der Waals surface area contributed by atoms with Crippen LogP contribution in [0.2, 0.25) is 0 Å². The van der Waals surface area contributed by atoms with Crippen LogP contribution in [0.1, 0.15) is 11.1 Å². The van der Waals surface area contributed by atoms with Gasteiger partial charge in [-0.15, -0.1) is 11.8 Å². The topological polar surface area (TPSA) is 20.2 Å². The number of aryl methyl sites for hydroxylation is 1. The number of aliphatic hydroxyl groups excluding tert-OH is 1. The average Bonchev–Trinajstić information content (AvgIpc) is 2.41. The van der Waals surface area contributed by atoms with Crippen molar-refractivity contribution < 1.29 is 5.11 Å². The predicted molar refractivity (Wildman–Crippen MR) is 85.8 cm³/mol. The smallest absolute Gasteiger partial charge is 0.0674 e. The van der Waals surface area contributed by atoms with Crippen molar-refractivity contribution in [3.63, 3.8) is 0 Å². The fraction of sp³-hybridized carbons (Fsp3) is 0.250. The van der Waals surface area contributed by atoms with Crippen LogP contribution in [0, 0.1) is 6.92 Å². The summed E-state index contributed by atoms with van der Waals surface area (Å²) in [4.78, 5) is 1.19. The van der Waals surface area contributed by atoms with Crippen LogP contribution in [0.15, 0.2) is 57.9 Å². The van der Waals surface area contributed by atoms with Gasteiger partial charge in [0, 0.05) is 15.1 Å². The highest BCUT2D eigenvalue weighted by atomic mass is 79.9. The third-order valence-corrected chi connectivity index (χ3v) is 4.66. The van der Waals surface area contributed by atoms with E-state index in [1.54, 1.807) is 11.8 Å². The molecule has 0 fully saturated rings. The van der Waals surface area contributed by atoms with Gasteiger partial charge < -0.3 is 5.11 Å². The van der Waals surface area contributed by atoms with Crippen LogP contribution in [0.5, 0.6) is 0 Å².